The van der Waals surface area contributed by atoms with Crippen LogP contribution in [0.25, 0.3) is 0 Å². The summed E-state index contributed by atoms with van der Waals surface area (Å²) in [4.78, 5) is 17.4. The zero-order valence-electron chi connectivity index (χ0n) is 46.7. The van der Waals surface area contributed by atoms with E-state index in [0.717, 1.165) is 6.92 Å². The molecule has 400 valence electrons. The summed E-state index contributed by atoms with van der Waals surface area (Å²) in [7, 11) is 0. The second-order valence-corrected chi connectivity index (χ2v) is 45.8. The van der Waals surface area contributed by atoms with Crippen molar-refractivity contribution in [3.8, 4) is 0 Å². The van der Waals surface area contributed by atoms with Gasteiger partial charge in [0, 0.05) is 6.92 Å². The van der Waals surface area contributed by atoms with Gasteiger partial charge in [-0.15, -0.1) is 12.4 Å². The average molecular weight is 1210 g/mol. The van der Waals surface area contributed by atoms with Gasteiger partial charge in [-0.2, -0.15) is 0 Å². The Morgan fingerprint density at radius 2 is 0.775 bits per heavy atom. The summed E-state index contributed by atoms with van der Waals surface area (Å²) in [6.45, 7) is 25.2. The Bertz CT molecular complexity index is 1800. The van der Waals surface area contributed by atoms with Gasteiger partial charge in [0.2, 0.25) is 0 Å². The van der Waals surface area contributed by atoms with E-state index < -0.39 is 42.7 Å². The molecule has 2 atom stereocenters. The van der Waals surface area contributed by atoms with E-state index in [2.05, 4.69) is 188 Å². The van der Waals surface area contributed by atoms with Gasteiger partial charge >= 0.3 is 294 Å². The molecule has 0 spiro atoms. The van der Waals surface area contributed by atoms with E-state index >= 15 is 0 Å². The molecular formula is C60H103ClN6O2Sn2. The summed E-state index contributed by atoms with van der Waals surface area (Å²) in [5.74, 6) is 0.939. The van der Waals surface area contributed by atoms with Crippen LogP contribution in [0.4, 0.5) is 0 Å². The average Bonchev–Trinajstić information content (AvgIpc) is 3.37. The number of carboxylic acids is 1. The third-order valence-electron chi connectivity index (χ3n) is 13.4. The fourth-order valence-corrected chi connectivity index (χ4v) is 40.9. The van der Waals surface area contributed by atoms with Crippen molar-refractivity contribution in [2.75, 3.05) is 0 Å². The van der Waals surface area contributed by atoms with Gasteiger partial charge in [-0.3, -0.25) is 4.79 Å². The summed E-state index contributed by atoms with van der Waals surface area (Å²) in [6.07, 6.45) is 15.9. The number of nitrogens with zero attached hydrogens (tertiary/aromatic N) is 2. The number of aliphatic carboxylic acids is 1. The van der Waals surface area contributed by atoms with Gasteiger partial charge in [-0.25, -0.2) is 0 Å². The molecule has 71 heavy (non-hydrogen) atoms. The van der Waals surface area contributed by atoms with Crippen molar-refractivity contribution in [2.45, 2.75) is 205 Å². The molecule has 0 fully saturated rings. The molecule has 4 aromatic carbocycles. The molecule has 0 heterocycles. The van der Waals surface area contributed by atoms with Gasteiger partial charge < -0.3 is 5.11 Å². The van der Waals surface area contributed by atoms with E-state index in [1.165, 1.54) is 126 Å². The number of halogens is 1. The molecule has 0 amide bonds. The van der Waals surface area contributed by atoms with Crippen molar-refractivity contribution in [2.24, 2.45) is 32.9 Å². The molecule has 0 aliphatic rings. The number of guanidine groups is 2. The van der Waals surface area contributed by atoms with Gasteiger partial charge in [0.05, 0.1) is 0 Å². The van der Waals surface area contributed by atoms with Crippen LogP contribution in [0.3, 0.4) is 0 Å². The number of hydrogen-bond acceptors (Lipinski definition) is 3. The maximum absolute atomic E-state index is 9.00. The summed E-state index contributed by atoms with van der Waals surface area (Å²) in [5, 5.41) is 7.42. The van der Waals surface area contributed by atoms with Crippen LogP contribution in [0, 0.1) is 0 Å². The minimum Gasteiger partial charge on any atom is -0.147 e. The minimum atomic E-state index is -2.30. The van der Waals surface area contributed by atoms with E-state index in [1.807, 2.05) is 0 Å². The fourth-order valence-electron chi connectivity index (χ4n) is 9.03. The zero-order valence-corrected chi connectivity index (χ0v) is 53.2. The Morgan fingerprint density at radius 1 is 0.479 bits per heavy atom. The van der Waals surface area contributed by atoms with Gasteiger partial charge in [-0.1, -0.05) is 88.4 Å². The first-order valence-electron chi connectivity index (χ1n) is 27.2. The SMILES string of the molecule is CC(=O)O.CCC(C)c1ccccc1.CCC(C)c1ccccc1.CCC[CH2][Sn]([CH2]CC)([CH2]CCC)[c]1cccc(CN=C(N)N)c1.CCC[CH2][Sn]([CH2]CC)([CH2]CCC)[c]1cccc(CN=C(N)N)c1.Cl. The van der Waals surface area contributed by atoms with E-state index in [0.29, 0.717) is 24.9 Å². The molecule has 0 aliphatic heterocycles. The molecule has 2 unspecified atom stereocenters. The number of benzene rings is 4. The van der Waals surface area contributed by atoms with Crippen LogP contribution >= 0.6 is 12.4 Å². The predicted molar refractivity (Wildman–Crippen MR) is 323 cm³/mol. The number of aliphatic imine (C=N–C) groups is 2. The fraction of sp³-hybridized carbons (Fsp3) is 0.550. The summed E-state index contributed by atoms with van der Waals surface area (Å²) < 4.78 is 12.3. The largest absolute Gasteiger partial charge is 0.147 e. The van der Waals surface area contributed by atoms with Crippen LogP contribution in [-0.2, 0) is 17.9 Å². The number of carbonyl (C=O) groups is 1. The molecule has 9 N–H and O–H groups in total. The quantitative estimate of drug-likeness (QED) is 0.0238. The van der Waals surface area contributed by atoms with Gasteiger partial charge in [-0.05, 0) is 35.8 Å². The van der Waals surface area contributed by atoms with Crippen LogP contribution in [0.15, 0.2) is 119 Å². The van der Waals surface area contributed by atoms with Crippen molar-refractivity contribution in [3.63, 3.8) is 0 Å². The van der Waals surface area contributed by atoms with Crippen molar-refractivity contribution in [1.29, 1.82) is 0 Å². The topological polar surface area (TPSA) is 166 Å². The number of unbranched alkanes of at least 4 members (excludes halogenated alkanes) is 4. The predicted octanol–water partition coefficient (Wildman–Crippen LogP) is 15.2. The maximum atomic E-state index is 9.00. The van der Waals surface area contributed by atoms with Crippen molar-refractivity contribution in [1.82, 2.24) is 0 Å². The third kappa shape index (κ3) is 31.2. The number of nitrogens with two attached hydrogens (primary N) is 4. The van der Waals surface area contributed by atoms with Gasteiger partial charge in [0.15, 0.2) is 0 Å². The van der Waals surface area contributed by atoms with Gasteiger partial charge in [0.25, 0.3) is 5.97 Å². The molecule has 0 bridgehead atoms. The van der Waals surface area contributed by atoms with Crippen molar-refractivity contribution >= 4 is 74.2 Å². The first kappa shape index (κ1) is 69.9. The molecule has 8 nitrogen and oxygen atoms in total. The Balaban J connectivity index is 0. The third-order valence-corrected chi connectivity index (χ3v) is 45.5. The van der Waals surface area contributed by atoms with E-state index in [9.17, 15) is 0 Å². The van der Waals surface area contributed by atoms with Crippen molar-refractivity contribution < 1.29 is 9.90 Å². The smallest absolute Gasteiger partial charge is 0.147 e. The van der Waals surface area contributed by atoms with Crippen LogP contribution in [0.1, 0.15) is 187 Å². The van der Waals surface area contributed by atoms with E-state index in [1.54, 1.807) is 7.16 Å². The molecule has 0 saturated carbocycles. The Kier molecular flexibility index (Phi) is 42.5. The number of rotatable bonds is 26. The molecule has 0 aromatic heterocycles. The number of hydrogen-bond donors (Lipinski definition) is 5. The van der Waals surface area contributed by atoms with Crippen LogP contribution in [0.5, 0.6) is 0 Å². The molecule has 0 saturated heterocycles. The molecule has 11 heteroatoms. The summed E-state index contributed by atoms with van der Waals surface area (Å²) in [5.41, 5.74) is 27.3. The number of carboxylic acid groups (broad SMARTS) is 1. The second kappa shape index (κ2) is 43.2. The monoisotopic (exact) mass is 1210 g/mol. The summed E-state index contributed by atoms with van der Waals surface area (Å²) >= 11 is -4.59. The molecule has 4 rings (SSSR count). The standard InChI is InChI=1S/2C10H14.2C8H10N3.4C4H9.2C3H7.C2H4O2.ClH.2Sn/c2*1-3-9(2)10-7-5-4-6-8-10;2*9-8(10)11-6-7-4-2-1-3-5-7;4*1-3-4-2;2*1-3-2;1-2(3)4;;;/h2*4-9H,3H2,1-2H3;2*1-2,4-5H,6H2,(H4,9,10,11);4*1,3-4H2,2H3;2*1,3H2,2H3;1H3,(H,3,4);1H;;. The van der Waals surface area contributed by atoms with Crippen molar-refractivity contribution in [3.05, 3.63) is 131 Å². The van der Waals surface area contributed by atoms with Crippen LogP contribution in [0.2, 0.25) is 26.6 Å². The van der Waals surface area contributed by atoms with E-state index in [-0.39, 0.29) is 24.3 Å². The summed E-state index contributed by atoms with van der Waals surface area (Å²) in [6, 6.07) is 39.6. The minimum absolute atomic E-state index is 0. The Labute approximate surface area is 449 Å². The Hall–Kier alpha value is -3.22. The molecule has 0 aliphatic carbocycles. The molecule has 4 aromatic rings. The molecule has 0 radical (unpaired) electrons. The first-order valence-corrected chi connectivity index (χ1v) is 42.1. The van der Waals surface area contributed by atoms with Crippen LogP contribution < -0.4 is 30.1 Å². The van der Waals surface area contributed by atoms with Crippen LogP contribution in [-0.4, -0.2) is 59.7 Å². The second-order valence-electron chi connectivity index (χ2n) is 19.3. The van der Waals surface area contributed by atoms with Gasteiger partial charge in [0.1, 0.15) is 0 Å². The Morgan fingerprint density at radius 3 is 1.01 bits per heavy atom. The first-order chi connectivity index (χ1) is 33.6. The normalized spacial score (nSPS) is 11.4. The zero-order chi connectivity index (χ0) is 52.6. The molecular weight excluding hydrogens is 1110 g/mol. The van der Waals surface area contributed by atoms with E-state index in [4.69, 9.17) is 32.8 Å². The maximum Gasteiger partial charge on any atom is -0.147 e.